The molecule has 0 radical (unpaired) electrons. The topological polar surface area (TPSA) is 84.5 Å². The summed E-state index contributed by atoms with van der Waals surface area (Å²) in [5.74, 6) is 1.03. The van der Waals surface area contributed by atoms with E-state index in [4.69, 9.17) is 10.5 Å². The Hall–Kier alpha value is -1.40. The molecule has 2 unspecified atom stereocenters. The molecule has 2 rings (SSSR count). The number of nitrogens with zero attached hydrogens (tertiary/aromatic N) is 3. The van der Waals surface area contributed by atoms with E-state index >= 15 is 0 Å². The number of aliphatic hydroxyl groups excluding tert-OH is 1. The predicted molar refractivity (Wildman–Crippen MR) is 64.7 cm³/mol. The number of nitrogens with two attached hydrogens (primary N) is 1. The van der Waals surface area contributed by atoms with Gasteiger partial charge in [-0.25, -0.2) is 4.98 Å². The fourth-order valence-electron chi connectivity index (χ4n) is 2.03. The molecule has 3 N–H and O–H groups in total. The van der Waals surface area contributed by atoms with Gasteiger partial charge in [0, 0.05) is 19.9 Å². The number of hydrogen-bond donors (Lipinski definition) is 2. The quantitative estimate of drug-likeness (QED) is 0.756. The Kier molecular flexibility index (Phi) is 3.17. The molecule has 1 aromatic heterocycles. The Morgan fingerprint density at radius 3 is 3.06 bits per heavy atom. The molecule has 1 aromatic rings. The summed E-state index contributed by atoms with van der Waals surface area (Å²) in [6, 6.07) is 1.65. The lowest BCUT2D eigenvalue weighted by Gasteiger charge is -2.42. The number of nitrogen functional groups attached to an aromatic ring is 1. The smallest absolute Gasteiger partial charge is 0.227 e. The van der Waals surface area contributed by atoms with Gasteiger partial charge in [-0.3, -0.25) is 0 Å². The fraction of sp³-hybridized carbons (Fsp3) is 0.636. The molecule has 6 nitrogen and oxygen atoms in total. The van der Waals surface area contributed by atoms with Crippen molar-refractivity contribution in [2.24, 2.45) is 0 Å². The molecule has 0 saturated carbocycles. The van der Waals surface area contributed by atoms with Crippen molar-refractivity contribution in [1.29, 1.82) is 0 Å². The van der Waals surface area contributed by atoms with Gasteiger partial charge in [-0.05, 0) is 19.4 Å². The standard InChI is InChI=1S/C11H18N4O2/c1-11(17-2)7-15(6-4-8(11)16)10-13-5-3-9(12)14-10/h3,5,8,16H,4,6-7H2,1-2H3,(H2,12,13,14). The van der Waals surface area contributed by atoms with Crippen LogP contribution in [0, 0.1) is 0 Å². The number of aliphatic hydroxyl groups is 1. The number of methoxy groups -OCH3 is 1. The fourth-order valence-corrected chi connectivity index (χ4v) is 2.03. The van der Waals surface area contributed by atoms with Crippen LogP contribution in [0.15, 0.2) is 12.3 Å². The Labute approximate surface area is 100 Å². The molecular formula is C11H18N4O2. The van der Waals surface area contributed by atoms with Crippen molar-refractivity contribution < 1.29 is 9.84 Å². The lowest BCUT2D eigenvalue weighted by Crippen LogP contribution is -2.56. The van der Waals surface area contributed by atoms with Gasteiger partial charge in [0.05, 0.1) is 12.6 Å². The summed E-state index contributed by atoms with van der Waals surface area (Å²) in [5.41, 5.74) is 5.04. The minimum Gasteiger partial charge on any atom is -0.390 e. The third kappa shape index (κ3) is 2.32. The second kappa shape index (κ2) is 4.46. The van der Waals surface area contributed by atoms with Gasteiger partial charge >= 0.3 is 0 Å². The number of ether oxygens (including phenoxy) is 1. The minimum absolute atomic E-state index is 0.445. The van der Waals surface area contributed by atoms with Crippen LogP contribution in [0.3, 0.4) is 0 Å². The molecule has 0 spiro atoms. The van der Waals surface area contributed by atoms with Crippen LogP contribution in [0.1, 0.15) is 13.3 Å². The summed E-state index contributed by atoms with van der Waals surface area (Å²) in [6.07, 6.45) is 1.79. The molecule has 1 aliphatic rings. The van der Waals surface area contributed by atoms with Crippen LogP contribution in [0.4, 0.5) is 11.8 Å². The van der Waals surface area contributed by atoms with Crippen LogP contribution in [-0.4, -0.2) is 47.0 Å². The highest BCUT2D eigenvalue weighted by molar-refractivity contribution is 5.38. The van der Waals surface area contributed by atoms with Crippen molar-refractivity contribution in [3.8, 4) is 0 Å². The highest BCUT2D eigenvalue weighted by atomic mass is 16.5. The maximum absolute atomic E-state index is 9.93. The van der Waals surface area contributed by atoms with Crippen LogP contribution in [0.5, 0.6) is 0 Å². The van der Waals surface area contributed by atoms with Crippen molar-refractivity contribution in [1.82, 2.24) is 9.97 Å². The van der Waals surface area contributed by atoms with Crippen LogP contribution >= 0.6 is 0 Å². The van der Waals surface area contributed by atoms with Gasteiger partial charge in [0.15, 0.2) is 0 Å². The highest BCUT2D eigenvalue weighted by Gasteiger charge is 2.39. The summed E-state index contributed by atoms with van der Waals surface area (Å²) in [7, 11) is 1.60. The van der Waals surface area contributed by atoms with Crippen LogP contribution in [0.25, 0.3) is 0 Å². The van der Waals surface area contributed by atoms with Crippen molar-refractivity contribution >= 4 is 11.8 Å². The van der Waals surface area contributed by atoms with Crippen LogP contribution in [0.2, 0.25) is 0 Å². The maximum Gasteiger partial charge on any atom is 0.227 e. The molecule has 1 saturated heterocycles. The van der Waals surface area contributed by atoms with Crippen molar-refractivity contribution in [3.05, 3.63) is 12.3 Å². The molecule has 0 amide bonds. The summed E-state index contributed by atoms with van der Waals surface area (Å²) in [5, 5.41) is 9.93. The monoisotopic (exact) mass is 238 g/mol. The Balaban J connectivity index is 2.19. The zero-order valence-corrected chi connectivity index (χ0v) is 10.1. The number of hydrogen-bond acceptors (Lipinski definition) is 6. The Morgan fingerprint density at radius 1 is 1.65 bits per heavy atom. The Morgan fingerprint density at radius 2 is 2.41 bits per heavy atom. The molecular weight excluding hydrogens is 220 g/mol. The van der Waals surface area contributed by atoms with Gasteiger partial charge in [-0.15, -0.1) is 0 Å². The first kappa shape index (κ1) is 12.1. The first-order valence-electron chi connectivity index (χ1n) is 5.62. The van der Waals surface area contributed by atoms with E-state index in [-0.39, 0.29) is 0 Å². The van der Waals surface area contributed by atoms with Crippen LogP contribution < -0.4 is 10.6 Å². The summed E-state index contributed by atoms with van der Waals surface area (Å²) in [4.78, 5) is 10.3. The van der Waals surface area contributed by atoms with E-state index in [1.54, 1.807) is 19.4 Å². The molecule has 0 aromatic carbocycles. The van der Waals surface area contributed by atoms with Gasteiger partial charge in [-0.2, -0.15) is 4.98 Å². The van der Waals surface area contributed by atoms with E-state index < -0.39 is 11.7 Å². The lowest BCUT2D eigenvalue weighted by molar-refractivity contribution is -0.0962. The first-order chi connectivity index (χ1) is 8.05. The molecule has 1 fully saturated rings. The second-order valence-electron chi connectivity index (χ2n) is 4.52. The van der Waals surface area contributed by atoms with E-state index in [0.717, 1.165) is 0 Å². The van der Waals surface area contributed by atoms with Gasteiger partial charge in [0.25, 0.3) is 0 Å². The molecule has 1 aliphatic heterocycles. The molecule has 94 valence electrons. The van der Waals surface area contributed by atoms with Crippen molar-refractivity contribution in [2.45, 2.75) is 25.0 Å². The molecule has 0 bridgehead atoms. The number of aromatic nitrogens is 2. The SMILES string of the molecule is COC1(C)CN(c2nccc(N)n2)CCC1O. The van der Waals surface area contributed by atoms with Crippen LogP contribution in [-0.2, 0) is 4.74 Å². The van der Waals surface area contributed by atoms with Crippen molar-refractivity contribution in [2.75, 3.05) is 30.8 Å². The van der Waals surface area contributed by atoms with E-state index in [2.05, 4.69) is 9.97 Å². The minimum atomic E-state index is -0.591. The first-order valence-corrected chi connectivity index (χ1v) is 5.62. The van der Waals surface area contributed by atoms with Gasteiger partial charge in [0.2, 0.25) is 5.95 Å². The molecule has 2 atom stereocenters. The normalized spacial score (nSPS) is 29.4. The second-order valence-corrected chi connectivity index (χ2v) is 4.52. The van der Waals surface area contributed by atoms with Gasteiger partial charge < -0.3 is 20.5 Å². The average molecular weight is 238 g/mol. The van der Waals surface area contributed by atoms with Gasteiger partial charge in [0.1, 0.15) is 11.4 Å². The molecule has 17 heavy (non-hydrogen) atoms. The van der Waals surface area contributed by atoms with E-state index in [1.165, 1.54) is 0 Å². The van der Waals surface area contributed by atoms with Gasteiger partial charge in [-0.1, -0.05) is 0 Å². The summed E-state index contributed by atoms with van der Waals surface area (Å²) < 4.78 is 5.39. The van der Waals surface area contributed by atoms with Crippen molar-refractivity contribution in [3.63, 3.8) is 0 Å². The average Bonchev–Trinajstić information content (AvgIpc) is 2.33. The molecule has 6 heteroatoms. The Bertz CT molecular complexity index is 401. The molecule has 2 heterocycles. The summed E-state index contributed by atoms with van der Waals surface area (Å²) in [6.45, 7) is 3.13. The van der Waals surface area contributed by atoms with E-state index in [0.29, 0.717) is 31.3 Å². The predicted octanol–water partition coefficient (Wildman–Crippen LogP) is 0.0349. The third-order valence-corrected chi connectivity index (χ3v) is 3.30. The number of anilines is 2. The largest absolute Gasteiger partial charge is 0.390 e. The molecule has 0 aliphatic carbocycles. The van der Waals surface area contributed by atoms with E-state index in [9.17, 15) is 5.11 Å². The number of piperidine rings is 1. The number of rotatable bonds is 2. The lowest BCUT2D eigenvalue weighted by atomic mass is 9.91. The third-order valence-electron chi connectivity index (χ3n) is 3.30. The van der Waals surface area contributed by atoms with E-state index in [1.807, 2.05) is 11.8 Å². The zero-order chi connectivity index (χ0) is 12.5. The highest BCUT2D eigenvalue weighted by Crippen LogP contribution is 2.26. The zero-order valence-electron chi connectivity index (χ0n) is 10.1. The maximum atomic E-state index is 9.93. The summed E-state index contributed by atoms with van der Waals surface area (Å²) >= 11 is 0.